The highest BCUT2D eigenvalue weighted by Gasteiger charge is 2.41. The van der Waals surface area contributed by atoms with E-state index in [2.05, 4.69) is 87.6 Å². The molecule has 0 saturated carbocycles. The molecule has 0 nitrogen and oxygen atoms in total. The summed E-state index contributed by atoms with van der Waals surface area (Å²) in [4.78, 5) is 0. The first-order chi connectivity index (χ1) is 8.46. The third-order valence-electron chi connectivity index (χ3n) is 4.55. The second-order valence-electron chi connectivity index (χ2n) is 5.98. The van der Waals surface area contributed by atoms with Crippen molar-refractivity contribution < 1.29 is 0 Å². The molecule has 0 aromatic heterocycles. The molecule has 2 aromatic rings. The van der Waals surface area contributed by atoms with Gasteiger partial charge in [-0.05, 0) is 10.6 Å². The quantitative estimate of drug-likeness (QED) is 0.723. The van der Waals surface area contributed by atoms with Crippen molar-refractivity contribution in [3.8, 4) is 0 Å². The minimum atomic E-state index is -1.55. The smallest absolute Gasteiger partial charge is 0.0648 e. The molecule has 1 heteroatoms. The Kier molecular flexibility index (Phi) is 3.44. The van der Waals surface area contributed by atoms with E-state index in [-0.39, 0.29) is 5.04 Å². The molecule has 0 aliphatic rings. The Labute approximate surface area is 112 Å². The van der Waals surface area contributed by atoms with Crippen LogP contribution in [0.5, 0.6) is 0 Å². The van der Waals surface area contributed by atoms with Crippen LogP contribution in [0, 0.1) is 0 Å². The topological polar surface area (TPSA) is 0 Å². The van der Waals surface area contributed by atoms with Crippen molar-refractivity contribution >= 4 is 13.3 Å². The van der Waals surface area contributed by atoms with Crippen LogP contribution in [0.1, 0.15) is 19.4 Å². The molecule has 18 heavy (non-hydrogen) atoms. The van der Waals surface area contributed by atoms with Gasteiger partial charge in [0.1, 0.15) is 0 Å². The monoisotopic (exact) mass is 254 g/mol. The lowest BCUT2D eigenvalue weighted by molar-refractivity contribution is 0.726. The van der Waals surface area contributed by atoms with Crippen LogP contribution in [0.15, 0.2) is 60.7 Å². The third kappa shape index (κ3) is 2.15. The average molecular weight is 254 g/mol. The number of hydrogen-bond donors (Lipinski definition) is 0. The number of benzene rings is 2. The molecule has 0 unspecified atom stereocenters. The maximum Gasteiger partial charge on any atom is 0.0904 e. The van der Waals surface area contributed by atoms with Crippen LogP contribution in [0.4, 0.5) is 0 Å². The lowest BCUT2D eigenvalue weighted by Gasteiger charge is -2.41. The summed E-state index contributed by atoms with van der Waals surface area (Å²) >= 11 is 0. The molecule has 0 atom stereocenters. The van der Waals surface area contributed by atoms with Crippen molar-refractivity contribution in [3.05, 3.63) is 66.2 Å². The van der Waals surface area contributed by atoms with Gasteiger partial charge in [-0.3, -0.25) is 0 Å². The van der Waals surface area contributed by atoms with Crippen LogP contribution in [-0.2, 0) is 5.04 Å². The Hall–Kier alpha value is -1.34. The van der Waals surface area contributed by atoms with Gasteiger partial charge in [0.05, 0.1) is 8.07 Å². The van der Waals surface area contributed by atoms with E-state index in [0.717, 1.165) is 0 Å². The van der Waals surface area contributed by atoms with Gasteiger partial charge in [0.15, 0.2) is 0 Å². The minimum Gasteiger partial charge on any atom is -0.0648 e. The van der Waals surface area contributed by atoms with Crippen molar-refractivity contribution in [2.75, 3.05) is 0 Å². The van der Waals surface area contributed by atoms with E-state index < -0.39 is 8.07 Å². The Morgan fingerprint density at radius 1 is 0.722 bits per heavy atom. The molecule has 0 spiro atoms. The van der Waals surface area contributed by atoms with Crippen LogP contribution in [0.25, 0.3) is 0 Å². The lowest BCUT2D eigenvalue weighted by atomic mass is 10.0. The molecule has 2 rings (SSSR count). The van der Waals surface area contributed by atoms with Crippen molar-refractivity contribution in [1.29, 1.82) is 0 Å². The molecule has 0 fully saturated rings. The molecular formula is C17H22Si. The van der Waals surface area contributed by atoms with E-state index >= 15 is 0 Å². The van der Waals surface area contributed by atoms with Crippen LogP contribution >= 0.6 is 0 Å². The summed E-state index contributed by atoms with van der Waals surface area (Å²) in [5.41, 5.74) is 1.45. The van der Waals surface area contributed by atoms with E-state index in [4.69, 9.17) is 0 Å². The molecule has 94 valence electrons. The molecule has 0 radical (unpaired) electrons. The van der Waals surface area contributed by atoms with Gasteiger partial charge in [-0.1, -0.05) is 92.8 Å². The summed E-state index contributed by atoms with van der Waals surface area (Å²) in [6.07, 6.45) is 0. The standard InChI is InChI=1S/C17H22Si/c1-17(2,15-11-7-5-8-12-15)18(3,4)16-13-9-6-10-14-16/h5-14H,1-4H3. The van der Waals surface area contributed by atoms with Gasteiger partial charge in [-0.25, -0.2) is 0 Å². The van der Waals surface area contributed by atoms with Gasteiger partial charge in [0, 0.05) is 0 Å². The second-order valence-corrected chi connectivity index (χ2v) is 11.1. The van der Waals surface area contributed by atoms with E-state index in [0.29, 0.717) is 0 Å². The average Bonchev–Trinajstić information content (AvgIpc) is 2.40. The highest BCUT2D eigenvalue weighted by molar-refractivity contribution is 6.92. The van der Waals surface area contributed by atoms with E-state index in [1.807, 2.05) is 0 Å². The summed E-state index contributed by atoms with van der Waals surface area (Å²) in [6.45, 7) is 9.72. The maximum atomic E-state index is 2.47. The van der Waals surface area contributed by atoms with Crippen LogP contribution in [0.2, 0.25) is 13.1 Å². The fraction of sp³-hybridized carbons (Fsp3) is 0.294. The zero-order valence-electron chi connectivity index (χ0n) is 11.8. The molecule has 0 aliphatic heterocycles. The summed E-state index contributed by atoms with van der Waals surface area (Å²) in [7, 11) is -1.55. The van der Waals surface area contributed by atoms with E-state index in [1.165, 1.54) is 10.8 Å². The predicted molar refractivity (Wildman–Crippen MR) is 83.0 cm³/mol. The summed E-state index contributed by atoms with van der Waals surface area (Å²) in [5.74, 6) is 0. The fourth-order valence-electron chi connectivity index (χ4n) is 2.43. The predicted octanol–water partition coefficient (Wildman–Crippen LogP) is 4.12. The summed E-state index contributed by atoms with van der Waals surface area (Å²) in [6, 6.07) is 21.9. The summed E-state index contributed by atoms with van der Waals surface area (Å²) < 4.78 is 0. The van der Waals surface area contributed by atoms with E-state index in [9.17, 15) is 0 Å². The van der Waals surface area contributed by atoms with Crippen LogP contribution in [-0.4, -0.2) is 8.07 Å². The van der Waals surface area contributed by atoms with Crippen LogP contribution in [0.3, 0.4) is 0 Å². The highest BCUT2D eigenvalue weighted by atomic mass is 28.3. The zero-order chi connectivity index (χ0) is 13.2. The van der Waals surface area contributed by atoms with Gasteiger partial charge in [0.25, 0.3) is 0 Å². The van der Waals surface area contributed by atoms with Crippen molar-refractivity contribution in [2.45, 2.75) is 32.0 Å². The molecule has 0 N–H and O–H groups in total. The Bertz CT molecular complexity index is 448. The summed E-state index contributed by atoms with van der Waals surface area (Å²) in [5, 5.41) is 1.76. The van der Waals surface area contributed by atoms with Gasteiger partial charge >= 0.3 is 0 Å². The zero-order valence-corrected chi connectivity index (χ0v) is 12.8. The first-order valence-corrected chi connectivity index (χ1v) is 9.57. The fourth-order valence-corrected chi connectivity index (χ4v) is 5.07. The van der Waals surface area contributed by atoms with Crippen LogP contribution < -0.4 is 5.19 Å². The molecule has 0 saturated heterocycles. The van der Waals surface area contributed by atoms with Crippen molar-refractivity contribution in [3.63, 3.8) is 0 Å². The molecular weight excluding hydrogens is 232 g/mol. The van der Waals surface area contributed by atoms with Crippen molar-refractivity contribution in [2.24, 2.45) is 0 Å². The molecule has 0 heterocycles. The van der Waals surface area contributed by atoms with Gasteiger partial charge in [-0.15, -0.1) is 0 Å². The highest BCUT2D eigenvalue weighted by Crippen LogP contribution is 2.33. The SMILES string of the molecule is CC(C)(c1ccccc1)[Si](C)(C)c1ccccc1. The maximum absolute atomic E-state index is 2.47. The molecule has 0 amide bonds. The van der Waals surface area contributed by atoms with Gasteiger partial charge in [0.2, 0.25) is 0 Å². The van der Waals surface area contributed by atoms with Crippen molar-refractivity contribution in [1.82, 2.24) is 0 Å². The largest absolute Gasteiger partial charge is 0.0904 e. The molecule has 2 aromatic carbocycles. The Morgan fingerprint density at radius 3 is 1.67 bits per heavy atom. The second kappa shape index (κ2) is 4.73. The Morgan fingerprint density at radius 2 is 1.17 bits per heavy atom. The lowest BCUT2D eigenvalue weighted by Crippen LogP contribution is -2.57. The first-order valence-electron chi connectivity index (χ1n) is 6.57. The normalized spacial score (nSPS) is 12.4. The minimum absolute atomic E-state index is 0.232. The van der Waals surface area contributed by atoms with E-state index in [1.54, 1.807) is 0 Å². The molecule has 0 aliphatic carbocycles. The Balaban J connectivity index is 2.47. The molecule has 0 bridgehead atoms. The van der Waals surface area contributed by atoms with Gasteiger partial charge in [-0.2, -0.15) is 0 Å². The number of hydrogen-bond acceptors (Lipinski definition) is 0. The third-order valence-corrected chi connectivity index (χ3v) is 9.74. The first kappa shape index (κ1) is 13.1. The number of rotatable bonds is 3. The van der Waals surface area contributed by atoms with Gasteiger partial charge < -0.3 is 0 Å².